The van der Waals surface area contributed by atoms with E-state index in [2.05, 4.69) is 10.3 Å². The Morgan fingerprint density at radius 3 is 2.78 bits per heavy atom. The van der Waals surface area contributed by atoms with Crippen molar-refractivity contribution in [2.24, 2.45) is 0 Å². The maximum absolute atomic E-state index is 5.46. The molecule has 0 radical (unpaired) electrons. The minimum Gasteiger partial charge on any atom is -0.469 e. The first-order valence-electron chi connectivity index (χ1n) is 8.03. The van der Waals surface area contributed by atoms with Crippen LogP contribution in [0.3, 0.4) is 0 Å². The Morgan fingerprint density at radius 2 is 2.00 bits per heavy atom. The first-order chi connectivity index (χ1) is 11.3. The van der Waals surface area contributed by atoms with Crippen LogP contribution in [0.4, 0.5) is 11.6 Å². The molecule has 1 N–H and O–H groups in total. The third-order valence-electron chi connectivity index (χ3n) is 4.31. The van der Waals surface area contributed by atoms with Crippen molar-refractivity contribution in [2.75, 3.05) is 43.3 Å². The van der Waals surface area contributed by atoms with Crippen LogP contribution < -0.4 is 15.3 Å². The van der Waals surface area contributed by atoms with Crippen LogP contribution in [-0.4, -0.2) is 43.3 Å². The lowest BCUT2D eigenvalue weighted by atomic mass is 10.2. The highest BCUT2D eigenvalue weighted by molar-refractivity contribution is 5.62. The highest BCUT2D eigenvalue weighted by Gasteiger charge is 2.26. The summed E-state index contributed by atoms with van der Waals surface area (Å²) >= 11 is 0. The highest BCUT2D eigenvalue weighted by Crippen LogP contribution is 2.30. The van der Waals surface area contributed by atoms with Crippen molar-refractivity contribution >= 4 is 11.6 Å². The van der Waals surface area contributed by atoms with Gasteiger partial charge in [-0.25, -0.2) is 15.4 Å². The number of rotatable bonds is 4. The lowest BCUT2D eigenvalue weighted by molar-refractivity contribution is 0.122. The number of hydrogen-bond acceptors (Lipinski definition) is 7. The summed E-state index contributed by atoms with van der Waals surface area (Å²) in [6, 6.07) is 3.90. The van der Waals surface area contributed by atoms with Gasteiger partial charge in [0.2, 0.25) is 0 Å². The fourth-order valence-electron chi connectivity index (χ4n) is 3.05. The van der Waals surface area contributed by atoms with E-state index in [1.165, 1.54) is 5.56 Å². The van der Waals surface area contributed by atoms with E-state index in [0.717, 1.165) is 68.9 Å². The number of morpholine rings is 1. The van der Waals surface area contributed by atoms with Crippen LogP contribution in [0.5, 0.6) is 0 Å². The molecular weight excluding hydrogens is 294 g/mol. The predicted molar refractivity (Wildman–Crippen MR) is 86.4 cm³/mol. The van der Waals surface area contributed by atoms with Crippen molar-refractivity contribution in [1.82, 2.24) is 15.4 Å². The molecule has 2 aromatic rings. The van der Waals surface area contributed by atoms with Gasteiger partial charge in [0.15, 0.2) is 5.82 Å². The first kappa shape index (κ1) is 14.5. The molecule has 0 amide bonds. The highest BCUT2D eigenvalue weighted by atomic mass is 16.5. The van der Waals surface area contributed by atoms with Crippen LogP contribution in [0.25, 0.3) is 0 Å². The van der Waals surface area contributed by atoms with Crippen molar-refractivity contribution in [3.8, 4) is 0 Å². The normalized spacial score (nSPS) is 17.6. The molecule has 0 atom stereocenters. The lowest BCUT2D eigenvalue weighted by Crippen LogP contribution is -2.37. The van der Waals surface area contributed by atoms with Gasteiger partial charge in [0.25, 0.3) is 0 Å². The third-order valence-corrected chi connectivity index (χ3v) is 4.31. The van der Waals surface area contributed by atoms with Gasteiger partial charge in [-0.3, -0.25) is 5.01 Å². The summed E-state index contributed by atoms with van der Waals surface area (Å²) in [6.45, 7) is 4.04. The molecule has 0 unspecified atom stereocenters. The predicted octanol–water partition coefficient (Wildman–Crippen LogP) is 1.15. The summed E-state index contributed by atoms with van der Waals surface area (Å²) in [5.41, 5.74) is 4.49. The average molecular weight is 315 g/mol. The Kier molecular flexibility index (Phi) is 3.88. The van der Waals surface area contributed by atoms with Gasteiger partial charge in [-0.2, -0.15) is 0 Å². The molecule has 0 saturated carbocycles. The van der Waals surface area contributed by atoms with Gasteiger partial charge < -0.3 is 14.1 Å². The average Bonchev–Trinajstić information content (AvgIpc) is 3.24. The van der Waals surface area contributed by atoms with Gasteiger partial charge in [-0.15, -0.1) is 0 Å². The summed E-state index contributed by atoms with van der Waals surface area (Å²) in [7, 11) is 2.00. The number of aromatic nitrogens is 2. The Morgan fingerprint density at radius 1 is 1.17 bits per heavy atom. The molecule has 7 heteroatoms. The van der Waals surface area contributed by atoms with E-state index in [9.17, 15) is 0 Å². The molecule has 0 aromatic carbocycles. The molecule has 122 valence electrons. The summed E-state index contributed by atoms with van der Waals surface area (Å²) in [4.78, 5) is 11.9. The number of fused-ring (bicyclic) bond motifs is 1. The summed E-state index contributed by atoms with van der Waals surface area (Å²) in [6.07, 6.45) is 3.28. The second kappa shape index (κ2) is 6.17. The number of furan rings is 1. The van der Waals surface area contributed by atoms with E-state index in [1.54, 1.807) is 6.26 Å². The zero-order valence-electron chi connectivity index (χ0n) is 13.3. The summed E-state index contributed by atoms with van der Waals surface area (Å²) in [5, 5.41) is 1.98. The Labute approximate surface area is 135 Å². The van der Waals surface area contributed by atoms with E-state index >= 15 is 0 Å². The van der Waals surface area contributed by atoms with E-state index < -0.39 is 0 Å². The minimum atomic E-state index is 0.754. The van der Waals surface area contributed by atoms with Gasteiger partial charge in [-0.1, -0.05) is 0 Å². The van der Waals surface area contributed by atoms with Gasteiger partial charge in [0, 0.05) is 39.5 Å². The SMILES string of the molecule is CN1NCc2c(N3CCOCC3)nc(CCc3ccco3)nc21. The van der Waals surface area contributed by atoms with Crippen LogP contribution in [0, 0.1) is 0 Å². The van der Waals surface area contributed by atoms with Crippen molar-refractivity contribution in [1.29, 1.82) is 0 Å². The van der Waals surface area contributed by atoms with Gasteiger partial charge >= 0.3 is 0 Å². The molecule has 4 rings (SSSR count). The Bertz CT molecular complexity index is 667. The second-order valence-corrected chi connectivity index (χ2v) is 5.84. The topological polar surface area (TPSA) is 66.7 Å². The molecule has 0 aliphatic carbocycles. The molecule has 2 aliphatic rings. The quantitative estimate of drug-likeness (QED) is 0.907. The monoisotopic (exact) mass is 315 g/mol. The van der Waals surface area contributed by atoms with Crippen LogP contribution >= 0.6 is 0 Å². The molecule has 0 bridgehead atoms. The molecule has 4 heterocycles. The molecule has 23 heavy (non-hydrogen) atoms. The molecule has 2 aliphatic heterocycles. The molecular formula is C16H21N5O2. The maximum Gasteiger partial charge on any atom is 0.153 e. The van der Waals surface area contributed by atoms with Gasteiger partial charge in [-0.05, 0) is 12.1 Å². The van der Waals surface area contributed by atoms with E-state index in [4.69, 9.17) is 19.1 Å². The van der Waals surface area contributed by atoms with Crippen LogP contribution in [0.2, 0.25) is 0 Å². The molecule has 1 fully saturated rings. The third kappa shape index (κ3) is 2.89. The smallest absolute Gasteiger partial charge is 0.153 e. The standard InChI is InChI=1S/C16H21N5O2/c1-20-15-13(11-17-20)16(21-6-9-22-10-7-21)19-14(18-15)5-4-12-3-2-8-23-12/h2-3,8,17H,4-7,9-11H2,1H3. The number of hydrazine groups is 1. The van der Waals surface area contributed by atoms with Crippen molar-refractivity contribution < 1.29 is 9.15 Å². The number of aryl methyl sites for hydroxylation is 2. The van der Waals surface area contributed by atoms with E-state index in [0.29, 0.717) is 0 Å². The zero-order chi connectivity index (χ0) is 15.6. The Hall–Kier alpha value is -2.12. The zero-order valence-corrected chi connectivity index (χ0v) is 13.3. The van der Waals surface area contributed by atoms with Gasteiger partial charge in [0.1, 0.15) is 17.4 Å². The molecule has 2 aromatic heterocycles. The number of nitrogens with one attached hydrogen (secondary N) is 1. The van der Waals surface area contributed by atoms with Crippen molar-refractivity contribution in [3.63, 3.8) is 0 Å². The number of ether oxygens (including phenoxy) is 1. The largest absolute Gasteiger partial charge is 0.469 e. The van der Waals surface area contributed by atoms with Crippen molar-refractivity contribution in [3.05, 3.63) is 35.5 Å². The maximum atomic E-state index is 5.46. The fourth-order valence-corrected chi connectivity index (χ4v) is 3.05. The number of anilines is 2. The first-order valence-corrected chi connectivity index (χ1v) is 8.03. The molecule has 1 saturated heterocycles. The van der Waals surface area contributed by atoms with E-state index in [1.807, 2.05) is 24.2 Å². The molecule has 7 nitrogen and oxygen atoms in total. The summed E-state index contributed by atoms with van der Waals surface area (Å²) < 4.78 is 10.9. The fraction of sp³-hybridized carbons (Fsp3) is 0.500. The Balaban J connectivity index is 1.62. The summed E-state index contributed by atoms with van der Waals surface area (Å²) in [5.74, 6) is 3.85. The van der Waals surface area contributed by atoms with Crippen LogP contribution in [-0.2, 0) is 24.1 Å². The van der Waals surface area contributed by atoms with Crippen LogP contribution in [0.1, 0.15) is 17.1 Å². The molecule has 0 spiro atoms. The van der Waals surface area contributed by atoms with E-state index in [-0.39, 0.29) is 0 Å². The minimum absolute atomic E-state index is 0.754. The number of hydrogen-bond donors (Lipinski definition) is 1. The van der Waals surface area contributed by atoms with Crippen LogP contribution in [0.15, 0.2) is 22.8 Å². The van der Waals surface area contributed by atoms with Crippen molar-refractivity contribution in [2.45, 2.75) is 19.4 Å². The second-order valence-electron chi connectivity index (χ2n) is 5.84. The lowest BCUT2D eigenvalue weighted by Gasteiger charge is -2.29. The number of nitrogens with zero attached hydrogens (tertiary/aromatic N) is 4. The van der Waals surface area contributed by atoms with Gasteiger partial charge in [0.05, 0.1) is 25.0 Å².